The van der Waals surface area contributed by atoms with Crippen molar-refractivity contribution in [3.63, 3.8) is 0 Å². The van der Waals surface area contributed by atoms with E-state index in [0.717, 1.165) is 71.0 Å². The molecular weight excluding hydrogens is 420 g/mol. The van der Waals surface area contributed by atoms with Gasteiger partial charge in [-0.3, -0.25) is 14.6 Å². The van der Waals surface area contributed by atoms with Gasteiger partial charge in [-0.15, -0.1) is 12.4 Å². The van der Waals surface area contributed by atoms with Crippen molar-refractivity contribution in [3.8, 4) is 0 Å². The molecule has 1 aliphatic carbocycles. The summed E-state index contributed by atoms with van der Waals surface area (Å²) in [6.45, 7) is 4.72. The Morgan fingerprint density at radius 1 is 1.24 bits per heavy atom. The second-order valence-electron chi connectivity index (χ2n) is 7.51. The van der Waals surface area contributed by atoms with Crippen LogP contribution >= 0.6 is 23.7 Å². The van der Waals surface area contributed by atoms with Gasteiger partial charge in [0.15, 0.2) is 10.9 Å². The van der Waals surface area contributed by atoms with Gasteiger partial charge in [0.25, 0.3) is 0 Å². The number of morpholine rings is 1. The summed E-state index contributed by atoms with van der Waals surface area (Å²) in [6.07, 6.45) is 4.74. The van der Waals surface area contributed by atoms with Crippen molar-refractivity contribution in [2.45, 2.75) is 32.1 Å². The van der Waals surface area contributed by atoms with Crippen molar-refractivity contribution < 1.29 is 18.3 Å². The highest BCUT2D eigenvalue weighted by molar-refractivity contribution is 7.22. The van der Waals surface area contributed by atoms with Crippen LogP contribution in [0.1, 0.15) is 32.1 Å². The van der Waals surface area contributed by atoms with Crippen LogP contribution in [0, 0.1) is 17.6 Å². The third-order valence-corrected chi connectivity index (χ3v) is 6.59. The van der Waals surface area contributed by atoms with E-state index in [1.165, 1.54) is 17.4 Å². The van der Waals surface area contributed by atoms with E-state index in [2.05, 4.69) is 9.88 Å². The maximum absolute atomic E-state index is 14.1. The Hall–Kier alpha value is -1.35. The molecule has 2 aromatic rings. The molecule has 0 spiro atoms. The van der Waals surface area contributed by atoms with Gasteiger partial charge in [-0.05, 0) is 25.3 Å². The van der Waals surface area contributed by atoms with Crippen molar-refractivity contribution in [2.75, 3.05) is 44.3 Å². The van der Waals surface area contributed by atoms with Crippen molar-refractivity contribution in [2.24, 2.45) is 5.92 Å². The molecule has 29 heavy (non-hydrogen) atoms. The van der Waals surface area contributed by atoms with Gasteiger partial charge < -0.3 is 4.74 Å². The predicted octanol–water partition coefficient (Wildman–Crippen LogP) is 4.24. The molecule has 2 aliphatic rings. The van der Waals surface area contributed by atoms with Crippen molar-refractivity contribution in [1.29, 1.82) is 0 Å². The minimum Gasteiger partial charge on any atom is -0.379 e. The van der Waals surface area contributed by atoms with Crippen molar-refractivity contribution in [1.82, 2.24) is 9.88 Å². The molecule has 1 aromatic heterocycles. The summed E-state index contributed by atoms with van der Waals surface area (Å²) in [4.78, 5) is 21.5. The molecule has 2 heterocycles. The average molecular weight is 446 g/mol. The van der Waals surface area contributed by atoms with Crippen LogP contribution in [-0.4, -0.2) is 55.2 Å². The normalized spacial score (nSPS) is 18.1. The molecule has 0 unspecified atom stereocenters. The van der Waals surface area contributed by atoms with E-state index >= 15 is 0 Å². The number of thiazole rings is 1. The number of carbonyl (C=O) groups excluding carboxylic acids is 1. The molecule has 1 aromatic carbocycles. The van der Waals surface area contributed by atoms with Gasteiger partial charge >= 0.3 is 0 Å². The lowest BCUT2D eigenvalue weighted by Crippen LogP contribution is -2.40. The zero-order valence-corrected chi connectivity index (χ0v) is 17.9. The Bertz CT molecular complexity index is 838. The summed E-state index contributed by atoms with van der Waals surface area (Å²) in [7, 11) is 0. The van der Waals surface area contributed by atoms with Crippen LogP contribution in [-0.2, 0) is 9.53 Å². The molecule has 0 N–H and O–H groups in total. The zero-order chi connectivity index (χ0) is 19.5. The van der Waals surface area contributed by atoms with E-state index < -0.39 is 11.6 Å². The number of aromatic nitrogens is 1. The Morgan fingerprint density at radius 2 is 1.97 bits per heavy atom. The highest BCUT2D eigenvalue weighted by atomic mass is 35.5. The molecule has 0 bridgehead atoms. The van der Waals surface area contributed by atoms with Crippen LogP contribution < -0.4 is 4.90 Å². The number of hydrogen-bond acceptors (Lipinski definition) is 5. The molecule has 1 saturated heterocycles. The largest absolute Gasteiger partial charge is 0.379 e. The van der Waals surface area contributed by atoms with Gasteiger partial charge in [0, 0.05) is 38.2 Å². The van der Waals surface area contributed by atoms with Crippen LogP contribution in [0.2, 0.25) is 0 Å². The third kappa shape index (κ3) is 5.23. The molecule has 1 aliphatic heterocycles. The second kappa shape index (κ2) is 10.1. The SMILES string of the molecule is Cl.O=C(C1CCCC1)N(CCCN1CCOCC1)c1nc2c(F)cc(F)cc2s1. The van der Waals surface area contributed by atoms with Gasteiger partial charge in [-0.1, -0.05) is 24.2 Å². The predicted molar refractivity (Wildman–Crippen MR) is 113 cm³/mol. The first-order valence-corrected chi connectivity index (χ1v) is 10.8. The quantitative estimate of drug-likeness (QED) is 0.667. The lowest BCUT2D eigenvalue weighted by atomic mass is 10.1. The first-order chi connectivity index (χ1) is 13.6. The lowest BCUT2D eigenvalue weighted by molar-refractivity contribution is -0.122. The maximum Gasteiger partial charge on any atom is 0.231 e. The number of nitrogens with zero attached hydrogens (tertiary/aromatic N) is 3. The molecule has 0 atom stereocenters. The highest BCUT2D eigenvalue weighted by Gasteiger charge is 2.30. The van der Waals surface area contributed by atoms with E-state index in [-0.39, 0.29) is 29.7 Å². The number of carbonyl (C=O) groups is 1. The fraction of sp³-hybridized carbons (Fsp3) is 0.600. The third-order valence-electron chi connectivity index (χ3n) is 5.56. The van der Waals surface area contributed by atoms with Crippen LogP contribution in [0.15, 0.2) is 12.1 Å². The molecule has 5 nitrogen and oxygen atoms in total. The average Bonchev–Trinajstić information content (AvgIpc) is 3.35. The molecule has 9 heteroatoms. The summed E-state index contributed by atoms with van der Waals surface area (Å²) in [5.74, 6) is -1.23. The molecule has 0 radical (unpaired) electrons. The number of rotatable bonds is 6. The van der Waals surface area contributed by atoms with Crippen LogP contribution in [0.3, 0.4) is 0 Å². The van der Waals surface area contributed by atoms with Gasteiger partial charge in [0.05, 0.1) is 17.9 Å². The Balaban J connectivity index is 0.00000240. The number of fused-ring (bicyclic) bond motifs is 1. The van der Waals surface area contributed by atoms with E-state index in [4.69, 9.17) is 4.74 Å². The van der Waals surface area contributed by atoms with Gasteiger partial charge in [0.2, 0.25) is 5.91 Å². The highest BCUT2D eigenvalue weighted by Crippen LogP contribution is 2.34. The van der Waals surface area contributed by atoms with Gasteiger partial charge in [0.1, 0.15) is 11.3 Å². The lowest BCUT2D eigenvalue weighted by Gasteiger charge is -2.28. The first-order valence-electron chi connectivity index (χ1n) is 9.99. The van der Waals surface area contributed by atoms with Crippen LogP contribution in [0.4, 0.5) is 13.9 Å². The maximum atomic E-state index is 14.1. The number of benzene rings is 1. The molecule has 160 valence electrons. The topological polar surface area (TPSA) is 45.7 Å². The van der Waals surface area contributed by atoms with Crippen molar-refractivity contribution in [3.05, 3.63) is 23.8 Å². The molecule has 4 rings (SSSR count). The fourth-order valence-corrected chi connectivity index (χ4v) is 5.07. The molecule has 1 amide bonds. The second-order valence-corrected chi connectivity index (χ2v) is 8.52. The minimum atomic E-state index is -0.681. The summed E-state index contributed by atoms with van der Waals surface area (Å²) in [5, 5.41) is 0.471. The standard InChI is InChI=1S/C20H25F2N3O2S.ClH/c21-15-12-16(22)18-17(13-15)28-20(23-18)25(19(26)14-4-1-2-5-14)7-3-6-24-8-10-27-11-9-24;/h12-14H,1-11H2;1H. The number of halogens is 3. The number of hydrogen-bond donors (Lipinski definition) is 0. The van der Waals surface area contributed by atoms with E-state index in [1.54, 1.807) is 4.90 Å². The van der Waals surface area contributed by atoms with Crippen molar-refractivity contribution >= 4 is 45.0 Å². The van der Waals surface area contributed by atoms with Gasteiger partial charge in [-0.25, -0.2) is 13.8 Å². The number of anilines is 1. The summed E-state index contributed by atoms with van der Waals surface area (Å²) < 4.78 is 33.5. The Kier molecular flexibility index (Phi) is 7.79. The zero-order valence-electron chi connectivity index (χ0n) is 16.2. The monoisotopic (exact) mass is 445 g/mol. The molecule has 2 fully saturated rings. The smallest absolute Gasteiger partial charge is 0.231 e. The van der Waals surface area contributed by atoms with Crippen LogP contribution in [0.5, 0.6) is 0 Å². The van der Waals surface area contributed by atoms with E-state index in [1.807, 2.05) is 0 Å². The van der Waals surface area contributed by atoms with Gasteiger partial charge in [-0.2, -0.15) is 0 Å². The molecule has 1 saturated carbocycles. The fourth-order valence-electron chi connectivity index (χ4n) is 4.03. The summed E-state index contributed by atoms with van der Waals surface area (Å²) in [6, 6.07) is 2.12. The summed E-state index contributed by atoms with van der Waals surface area (Å²) >= 11 is 1.19. The van der Waals surface area contributed by atoms with Crippen LogP contribution in [0.25, 0.3) is 10.2 Å². The minimum absolute atomic E-state index is 0. The first kappa shape index (κ1) is 22.3. The summed E-state index contributed by atoms with van der Waals surface area (Å²) in [5.41, 5.74) is 0.138. The Labute approximate surface area is 179 Å². The van der Waals surface area contributed by atoms with E-state index in [9.17, 15) is 13.6 Å². The number of ether oxygens (including phenoxy) is 1. The molecular formula is C20H26ClF2N3O2S. The number of amides is 1. The Morgan fingerprint density at radius 3 is 2.69 bits per heavy atom. The van der Waals surface area contributed by atoms with E-state index in [0.29, 0.717) is 16.4 Å².